The van der Waals surface area contributed by atoms with Gasteiger partial charge in [-0.2, -0.15) is 4.31 Å². The Balaban J connectivity index is 1.69. The lowest BCUT2D eigenvalue weighted by Crippen LogP contribution is -2.65. The summed E-state index contributed by atoms with van der Waals surface area (Å²) in [7, 11) is -3.45. The van der Waals surface area contributed by atoms with Crippen molar-refractivity contribution in [2.75, 3.05) is 26.3 Å². The van der Waals surface area contributed by atoms with Crippen LogP contribution >= 0.6 is 0 Å². The maximum atomic E-state index is 12.4. The van der Waals surface area contributed by atoms with Crippen molar-refractivity contribution in [2.45, 2.75) is 24.5 Å². The van der Waals surface area contributed by atoms with Crippen molar-refractivity contribution in [1.29, 1.82) is 0 Å². The first-order valence-corrected chi connectivity index (χ1v) is 7.95. The van der Waals surface area contributed by atoms with Crippen LogP contribution in [0, 0.1) is 5.41 Å². The van der Waals surface area contributed by atoms with E-state index in [-0.39, 0.29) is 10.3 Å². The Morgan fingerprint density at radius 2 is 1.90 bits per heavy atom. The SMILES string of the molecule is CC1(C)OCC2(CO1)CN(S(=O)(=O)c1cccnc1)C2. The van der Waals surface area contributed by atoms with Crippen LogP contribution in [0.4, 0.5) is 0 Å². The van der Waals surface area contributed by atoms with E-state index in [1.54, 1.807) is 18.3 Å². The molecule has 1 spiro atoms. The Bertz CT molecular complexity index is 582. The number of rotatable bonds is 2. The molecule has 3 rings (SSSR count). The second kappa shape index (κ2) is 4.49. The van der Waals surface area contributed by atoms with Gasteiger partial charge in [-0.3, -0.25) is 4.98 Å². The molecule has 20 heavy (non-hydrogen) atoms. The molecule has 7 heteroatoms. The maximum absolute atomic E-state index is 12.4. The lowest BCUT2D eigenvalue weighted by atomic mass is 9.82. The van der Waals surface area contributed by atoms with Gasteiger partial charge in [0.1, 0.15) is 4.90 Å². The molecule has 1 aromatic heterocycles. The summed E-state index contributed by atoms with van der Waals surface area (Å²) in [5.41, 5.74) is -0.204. The van der Waals surface area contributed by atoms with E-state index in [1.165, 1.54) is 10.5 Å². The van der Waals surface area contributed by atoms with Crippen molar-refractivity contribution >= 4 is 10.0 Å². The Morgan fingerprint density at radius 3 is 2.45 bits per heavy atom. The molecule has 2 aliphatic rings. The van der Waals surface area contributed by atoms with E-state index in [4.69, 9.17) is 9.47 Å². The van der Waals surface area contributed by atoms with Crippen LogP contribution in [0.2, 0.25) is 0 Å². The average molecular weight is 298 g/mol. The van der Waals surface area contributed by atoms with Crippen molar-refractivity contribution in [3.63, 3.8) is 0 Å². The van der Waals surface area contributed by atoms with Crippen molar-refractivity contribution in [3.8, 4) is 0 Å². The van der Waals surface area contributed by atoms with Gasteiger partial charge < -0.3 is 9.47 Å². The molecule has 0 saturated carbocycles. The van der Waals surface area contributed by atoms with Gasteiger partial charge in [0.05, 0.1) is 13.2 Å². The van der Waals surface area contributed by atoms with E-state index in [2.05, 4.69) is 4.98 Å². The second-order valence-electron chi connectivity index (χ2n) is 5.94. The summed E-state index contributed by atoms with van der Waals surface area (Å²) in [6, 6.07) is 3.18. The van der Waals surface area contributed by atoms with Gasteiger partial charge in [0, 0.05) is 30.9 Å². The Labute approximate surface area is 118 Å². The highest BCUT2D eigenvalue weighted by atomic mass is 32.2. The normalized spacial score (nSPS) is 25.3. The van der Waals surface area contributed by atoms with E-state index < -0.39 is 15.8 Å². The van der Waals surface area contributed by atoms with Crippen LogP contribution in [0.25, 0.3) is 0 Å². The molecular weight excluding hydrogens is 280 g/mol. The van der Waals surface area contributed by atoms with Gasteiger partial charge in [0.2, 0.25) is 10.0 Å². The summed E-state index contributed by atoms with van der Waals surface area (Å²) in [4.78, 5) is 4.09. The molecule has 0 unspecified atom stereocenters. The molecule has 2 saturated heterocycles. The fraction of sp³-hybridized carbons (Fsp3) is 0.615. The summed E-state index contributed by atoms with van der Waals surface area (Å²) >= 11 is 0. The van der Waals surface area contributed by atoms with Crippen molar-refractivity contribution in [3.05, 3.63) is 24.5 Å². The Morgan fingerprint density at radius 1 is 1.25 bits per heavy atom. The monoisotopic (exact) mass is 298 g/mol. The topological polar surface area (TPSA) is 68.7 Å². The first-order chi connectivity index (χ1) is 9.33. The number of nitrogens with zero attached hydrogens (tertiary/aromatic N) is 2. The minimum Gasteiger partial charge on any atom is -0.350 e. The zero-order valence-corrected chi connectivity index (χ0v) is 12.4. The Hall–Kier alpha value is -1.02. The molecule has 3 heterocycles. The fourth-order valence-electron chi connectivity index (χ4n) is 2.44. The van der Waals surface area contributed by atoms with Gasteiger partial charge in [0.15, 0.2) is 5.79 Å². The molecule has 110 valence electrons. The van der Waals surface area contributed by atoms with Gasteiger partial charge >= 0.3 is 0 Å². The molecule has 0 bridgehead atoms. The first kappa shape index (κ1) is 13.9. The molecule has 0 radical (unpaired) electrons. The van der Waals surface area contributed by atoms with Gasteiger partial charge in [-0.15, -0.1) is 0 Å². The third-order valence-electron chi connectivity index (χ3n) is 3.75. The van der Waals surface area contributed by atoms with Crippen molar-refractivity contribution in [1.82, 2.24) is 9.29 Å². The quantitative estimate of drug-likeness (QED) is 0.810. The van der Waals surface area contributed by atoms with Crippen LogP contribution in [-0.4, -0.2) is 49.8 Å². The third-order valence-corrected chi connectivity index (χ3v) is 5.52. The van der Waals surface area contributed by atoms with Crippen molar-refractivity contribution < 1.29 is 17.9 Å². The van der Waals surface area contributed by atoms with Crippen LogP contribution < -0.4 is 0 Å². The van der Waals surface area contributed by atoms with E-state index in [1.807, 2.05) is 13.8 Å². The Kier molecular flexibility index (Phi) is 3.13. The highest BCUT2D eigenvalue weighted by Gasteiger charge is 2.52. The van der Waals surface area contributed by atoms with Crippen LogP contribution in [0.15, 0.2) is 29.4 Å². The number of ether oxygens (including phenoxy) is 2. The predicted octanol–water partition coefficient (Wildman–Crippen LogP) is 0.855. The zero-order valence-electron chi connectivity index (χ0n) is 11.6. The van der Waals surface area contributed by atoms with Crippen LogP contribution in [0.3, 0.4) is 0 Å². The van der Waals surface area contributed by atoms with E-state index in [0.29, 0.717) is 26.3 Å². The molecule has 0 aromatic carbocycles. The van der Waals surface area contributed by atoms with E-state index in [0.717, 1.165) is 0 Å². The summed E-state index contributed by atoms with van der Waals surface area (Å²) in [6.45, 7) is 5.64. The number of sulfonamides is 1. The van der Waals surface area contributed by atoms with Gasteiger partial charge in [0.25, 0.3) is 0 Å². The number of hydrogen-bond acceptors (Lipinski definition) is 5. The van der Waals surface area contributed by atoms with Crippen LogP contribution in [0.5, 0.6) is 0 Å². The number of aromatic nitrogens is 1. The molecule has 1 aromatic rings. The molecular formula is C13H18N2O4S. The van der Waals surface area contributed by atoms with Crippen LogP contribution in [0.1, 0.15) is 13.8 Å². The molecule has 0 amide bonds. The summed E-state index contributed by atoms with van der Waals surface area (Å²) in [6.07, 6.45) is 2.93. The smallest absolute Gasteiger partial charge is 0.244 e. The predicted molar refractivity (Wildman–Crippen MR) is 71.4 cm³/mol. The average Bonchev–Trinajstić information content (AvgIpc) is 2.37. The first-order valence-electron chi connectivity index (χ1n) is 6.51. The maximum Gasteiger partial charge on any atom is 0.244 e. The minimum absolute atomic E-state index is 0.204. The number of hydrogen-bond donors (Lipinski definition) is 0. The standard InChI is InChI=1S/C13H18N2O4S/c1-12(2)18-9-13(10-19-12)7-15(8-13)20(16,17)11-4-3-5-14-6-11/h3-6H,7-10H2,1-2H3. The van der Waals surface area contributed by atoms with Gasteiger partial charge in [-0.05, 0) is 26.0 Å². The van der Waals surface area contributed by atoms with Gasteiger partial charge in [-0.1, -0.05) is 0 Å². The molecule has 0 aliphatic carbocycles. The van der Waals surface area contributed by atoms with Crippen LogP contribution in [-0.2, 0) is 19.5 Å². The molecule has 6 nitrogen and oxygen atoms in total. The molecule has 0 N–H and O–H groups in total. The lowest BCUT2D eigenvalue weighted by Gasteiger charge is -2.53. The molecule has 0 atom stereocenters. The minimum atomic E-state index is -3.45. The largest absolute Gasteiger partial charge is 0.350 e. The molecule has 2 aliphatic heterocycles. The zero-order chi connectivity index (χ0) is 14.4. The van der Waals surface area contributed by atoms with E-state index in [9.17, 15) is 8.42 Å². The second-order valence-corrected chi connectivity index (χ2v) is 7.88. The number of pyridine rings is 1. The van der Waals surface area contributed by atoms with Gasteiger partial charge in [-0.25, -0.2) is 8.42 Å². The third kappa shape index (κ3) is 2.35. The lowest BCUT2D eigenvalue weighted by molar-refractivity contribution is -0.299. The summed E-state index contributed by atoms with van der Waals surface area (Å²) < 4.78 is 37.5. The summed E-state index contributed by atoms with van der Waals surface area (Å²) in [5.74, 6) is -0.576. The highest BCUT2D eigenvalue weighted by Crippen LogP contribution is 2.39. The fourth-order valence-corrected chi connectivity index (χ4v) is 4.07. The highest BCUT2D eigenvalue weighted by molar-refractivity contribution is 7.89. The van der Waals surface area contributed by atoms with Crippen molar-refractivity contribution in [2.24, 2.45) is 5.41 Å². The molecule has 2 fully saturated rings. The summed E-state index contributed by atoms with van der Waals surface area (Å²) in [5, 5.41) is 0. The van der Waals surface area contributed by atoms with E-state index >= 15 is 0 Å².